The minimum Gasteiger partial charge on any atom is -0.457 e. The van der Waals surface area contributed by atoms with Gasteiger partial charge in [-0.2, -0.15) is 0 Å². The summed E-state index contributed by atoms with van der Waals surface area (Å²) in [6.07, 6.45) is 1.74. The number of amides is 1. The number of cyclic esters (lactones) is 1. The molecule has 0 N–H and O–H groups in total. The highest BCUT2D eigenvalue weighted by molar-refractivity contribution is 5.92. The monoisotopic (exact) mass is 393 g/mol. The maximum Gasteiger partial charge on any atom is 0.519 e. The molecule has 28 heavy (non-hydrogen) atoms. The zero-order valence-corrected chi connectivity index (χ0v) is 15.2. The Morgan fingerprint density at radius 1 is 1.32 bits per heavy atom. The lowest BCUT2D eigenvalue weighted by Gasteiger charge is -2.31. The van der Waals surface area contributed by atoms with Gasteiger partial charge in [0.2, 0.25) is 0 Å². The Morgan fingerprint density at radius 2 is 2.11 bits per heavy atom. The van der Waals surface area contributed by atoms with Gasteiger partial charge < -0.3 is 23.0 Å². The van der Waals surface area contributed by atoms with E-state index in [2.05, 4.69) is 6.58 Å². The second kappa shape index (κ2) is 6.54. The van der Waals surface area contributed by atoms with Crippen LogP contribution in [0, 0.1) is 24.7 Å². The van der Waals surface area contributed by atoms with Gasteiger partial charge in [-0.15, -0.1) is 0 Å². The Labute approximate surface area is 159 Å². The minimum absolute atomic E-state index is 0.00836. The van der Waals surface area contributed by atoms with Crippen molar-refractivity contribution in [2.75, 3.05) is 13.3 Å². The average molecular weight is 393 g/mol. The lowest BCUT2D eigenvalue weighted by atomic mass is 9.89. The van der Waals surface area contributed by atoms with E-state index < -0.39 is 35.3 Å². The van der Waals surface area contributed by atoms with E-state index in [0.717, 1.165) is 0 Å². The fourth-order valence-corrected chi connectivity index (χ4v) is 4.45. The fraction of sp³-hybridized carbons (Fsp3) is 0.556. The van der Waals surface area contributed by atoms with Crippen molar-refractivity contribution in [3.8, 4) is 0 Å². The lowest BCUT2D eigenvalue weighted by molar-refractivity contribution is -0.149. The molecule has 0 radical (unpaired) electrons. The van der Waals surface area contributed by atoms with E-state index in [4.69, 9.17) is 23.0 Å². The molecule has 150 valence electrons. The Hall–Kier alpha value is -3.04. The first-order valence-corrected chi connectivity index (χ1v) is 8.88. The van der Waals surface area contributed by atoms with Crippen LogP contribution in [0.2, 0.25) is 0 Å². The van der Waals surface area contributed by atoms with Gasteiger partial charge in [-0.3, -0.25) is 9.69 Å². The van der Waals surface area contributed by atoms with Gasteiger partial charge in [0, 0.05) is 5.92 Å². The number of carbonyl (C=O) groups excluding carboxylic acids is 3. The van der Waals surface area contributed by atoms with Crippen LogP contribution in [-0.4, -0.2) is 41.8 Å². The molecule has 4 atom stereocenters. The number of esters is 2. The van der Waals surface area contributed by atoms with E-state index >= 15 is 0 Å². The van der Waals surface area contributed by atoms with Gasteiger partial charge in [0.25, 0.3) is 0 Å². The van der Waals surface area contributed by atoms with Crippen LogP contribution in [0.15, 0.2) is 26.3 Å². The predicted octanol–water partition coefficient (Wildman–Crippen LogP) is 1.12. The van der Waals surface area contributed by atoms with Crippen molar-refractivity contribution < 1.29 is 37.4 Å². The lowest BCUT2D eigenvalue weighted by Crippen LogP contribution is -2.52. The maximum absolute atomic E-state index is 12.5. The van der Waals surface area contributed by atoms with Gasteiger partial charge in [-0.05, 0) is 25.7 Å². The molecule has 3 fully saturated rings. The average Bonchev–Trinajstić information content (AvgIpc) is 2.91. The summed E-state index contributed by atoms with van der Waals surface area (Å²) < 4.78 is 25.0. The molecule has 4 rings (SSSR count). The predicted molar refractivity (Wildman–Crippen MR) is 88.6 cm³/mol. The van der Waals surface area contributed by atoms with Crippen molar-refractivity contribution in [1.29, 1.82) is 0 Å². The van der Waals surface area contributed by atoms with E-state index in [1.165, 1.54) is 17.9 Å². The molecule has 2 heterocycles. The number of ether oxygens (including phenoxy) is 3. The minimum atomic E-state index is -1.20. The summed E-state index contributed by atoms with van der Waals surface area (Å²) in [6.45, 7) is 4.57. The van der Waals surface area contributed by atoms with Gasteiger partial charge in [0.1, 0.15) is 6.61 Å². The van der Waals surface area contributed by atoms with Crippen molar-refractivity contribution >= 4 is 18.0 Å². The third-order valence-corrected chi connectivity index (χ3v) is 5.74. The van der Waals surface area contributed by atoms with Crippen LogP contribution in [0.1, 0.15) is 24.4 Å². The summed E-state index contributed by atoms with van der Waals surface area (Å²) in [6, 6.07) is 0. The van der Waals surface area contributed by atoms with E-state index in [1.54, 1.807) is 0 Å². The van der Waals surface area contributed by atoms with Crippen molar-refractivity contribution in [3.05, 3.63) is 34.8 Å². The van der Waals surface area contributed by atoms with Gasteiger partial charge in [-0.1, -0.05) is 12.7 Å². The Kier molecular flexibility index (Phi) is 4.28. The Morgan fingerprint density at radius 3 is 2.79 bits per heavy atom. The second-order valence-corrected chi connectivity index (χ2v) is 7.07. The quantitative estimate of drug-likeness (QED) is 0.411. The van der Waals surface area contributed by atoms with E-state index in [1.807, 2.05) is 0 Å². The highest BCUT2D eigenvalue weighted by Gasteiger charge is 2.76. The maximum atomic E-state index is 12.5. The molecule has 1 aromatic heterocycles. The van der Waals surface area contributed by atoms with Crippen LogP contribution in [0.3, 0.4) is 0 Å². The first-order chi connectivity index (χ1) is 13.4. The van der Waals surface area contributed by atoms with Crippen molar-refractivity contribution in [1.82, 2.24) is 4.90 Å². The van der Waals surface area contributed by atoms with Gasteiger partial charge >= 0.3 is 23.9 Å². The molecule has 0 aromatic carbocycles. The topological polar surface area (TPSA) is 125 Å². The molecule has 0 unspecified atom stereocenters. The Bertz CT molecular complexity index is 899. The van der Waals surface area contributed by atoms with Gasteiger partial charge in [-0.25, -0.2) is 14.4 Å². The number of rotatable bonds is 5. The summed E-state index contributed by atoms with van der Waals surface area (Å²) in [5.41, 5.74) is -1.20. The van der Waals surface area contributed by atoms with Crippen LogP contribution < -0.4 is 5.82 Å². The van der Waals surface area contributed by atoms with E-state index in [0.29, 0.717) is 12.8 Å². The normalized spacial score (nSPS) is 30.1. The molecule has 1 amide bonds. The molecule has 10 nitrogen and oxygen atoms in total. The fourth-order valence-electron chi connectivity index (χ4n) is 4.45. The summed E-state index contributed by atoms with van der Waals surface area (Å²) in [4.78, 5) is 49.7. The zero-order valence-electron chi connectivity index (χ0n) is 15.2. The van der Waals surface area contributed by atoms with Crippen molar-refractivity contribution in [3.63, 3.8) is 0 Å². The van der Waals surface area contributed by atoms with Crippen LogP contribution in [0.25, 0.3) is 0 Å². The van der Waals surface area contributed by atoms with Crippen LogP contribution >= 0.6 is 0 Å². The van der Waals surface area contributed by atoms with Crippen LogP contribution in [-0.2, 0) is 30.4 Å². The van der Waals surface area contributed by atoms with Crippen molar-refractivity contribution in [2.45, 2.75) is 31.9 Å². The summed E-state index contributed by atoms with van der Waals surface area (Å²) >= 11 is 0. The molecule has 2 saturated carbocycles. The Balaban J connectivity index is 1.46. The highest BCUT2D eigenvalue weighted by atomic mass is 16.6. The number of nitrogens with zero attached hydrogens (tertiary/aromatic N) is 1. The molecular formula is C18H19NO9. The van der Waals surface area contributed by atoms with Crippen LogP contribution in [0.5, 0.6) is 0 Å². The zero-order chi connectivity index (χ0) is 20.1. The molecule has 2 aliphatic carbocycles. The molecule has 1 saturated heterocycles. The standard InChI is InChI=1S/C18H19NO9/c1-3-6-24-16(22)19-8-26-15(21)18(19)5-4-10-12(13(10)18)14(20)25-7-11-9(2)27-17(23)28-11/h3,10,12-13H,1,4-8H2,2H3/t10-,12-,13-,18-/m0/s1. The number of hydrogen-bond donors (Lipinski definition) is 0. The number of carbonyl (C=O) groups is 3. The first-order valence-electron chi connectivity index (χ1n) is 8.88. The van der Waals surface area contributed by atoms with Crippen molar-refractivity contribution in [2.24, 2.45) is 17.8 Å². The molecule has 3 aliphatic rings. The third kappa shape index (κ3) is 2.62. The molecule has 10 heteroatoms. The third-order valence-electron chi connectivity index (χ3n) is 5.74. The SMILES string of the molecule is C=CCOC(=O)N1COC(=O)[C@@]12CC[C@H]1[C@H](C(=O)OCc3oc(=O)oc3C)[C@H]12. The molecule has 1 aromatic rings. The molecule has 0 bridgehead atoms. The first kappa shape index (κ1) is 18.3. The molecule has 1 aliphatic heterocycles. The van der Waals surface area contributed by atoms with Gasteiger partial charge in [0.15, 0.2) is 30.4 Å². The number of hydrogen-bond acceptors (Lipinski definition) is 9. The summed E-state index contributed by atoms with van der Waals surface area (Å²) in [5, 5.41) is 0. The van der Waals surface area contributed by atoms with E-state index in [9.17, 15) is 19.2 Å². The van der Waals surface area contributed by atoms with Crippen LogP contribution in [0.4, 0.5) is 4.79 Å². The highest BCUT2D eigenvalue weighted by Crippen LogP contribution is 2.66. The summed E-state index contributed by atoms with van der Waals surface area (Å²) in [5.74, 6) is -2.54. The van der Waals surface area contributed by atoms with E-state index in [-0.39, 0.29) is 43.3 Å². The molecular weight excluding hydrogens is 374 g/mol. The smallest absolute Gasteiger partial charge is 0.457 e. The summed E-state index contributed by atoms with van der Waals surface area (Å²) in [7, 11) is 0. The number of fused-ring (bicyclic) bond motifs is 2. The van der Waals surface area contributed by atoms with Gasteiger partial charge in [0.05, 0.1) is 5.92 Å². The largest absolute Gasteiger partial charge is 0.519 e. The number of aryl methyl sites for hydroxylation is 1. The molecule has 1 spiro atoms. The second-order valence-electron chi connectivity index (χ2n) is 7.07.